The van der Waals surface area contributed by atoms with E-state index in [1.165, 1.54) is 52.0 Å². The molecule has 4 aromatic heterocycles. The van der Waals surface area contributed by atoms with Gasteiger partial charge in [0.1, 0.15) is 26.2 Å². The lowest BCUT2D eigenvalue weighted by Crippen LogP contribution is -2.47. The second-order valence-corrected chi connectivity index (χ2v) is 21.7. The Labute approximate surface area is 527 Å². The Morgan fingerprint density at radius 2 is 0.870 bits per heavy atom. The summed E-state index contributed by atoms with van der Waals surface area (Å²) >= 11 is 0. The molecule has 0 aromatic carbocycles. The summed E-state index contributed by atoms with van der Waals surface area (Å²) in [4.78, 5) is 167. The van der Waals surface area contributed by atoms with Crippen molar-refractivity contribution in [1.29, 1.82) is 0 Å². The number of rotatable bonds is 14. The molecule has 0 saturated heterocycles. The summed E-state index contributed by atoms with van der Waals surface area (Å²) in [6.45, 7) is 5.37. The number of amides is 8. The summed E-state index contributed by atoms with van der Waals surface area (Å²) in [6, 6.07) is 4.96. The van der Waals surface area contributed by atoms with Crippen molar-refractivity contribution in [2.45, 2.75) is 53.9 Å². The molecule has 0 atom stereocenters. The Bertz CT molecular complexity index is 3510. The molecule has 8 bridgehead atoms. The van der Waals surface area contributed by atoms with Gasteiger partial charge in [-0.25, -0.2) is 0 Å². The van der Waals surface area contributed by atoms with Crippen LogP contribution in [-0.4, -0.2) is 245 Å². The van der Waals surface area contributed by atoms with Gasteiger partial charge in [-0.15, -0.1) is 0 Å². The third kappa shape index (κ3) is 20.0. The predicted octanol–water partition coefficient (Wildman–Crippen LogP) is -6.20. The van der Waals surface area contributed by atoms with Gasteiger partial charge in [0.15, 0.2) is 23.0 Å². The van der Waals surface area contributed by atoms with Gasteiger partial charge in [0, 0.05) is 141 Å². The summed E-state index contributed by atoms with van der Waals surface area (Å²) < 4.78 is 14.6. The molecule has 0 unspecified atom stereocenters. The highest BCUT2D eigenvalue weighted by Crippen LogP contribution is 2.18. The second kappa shape index (κ2) is 34.6. The maximum Gasteiger partial charge on any atom is 0.294 e. The van der Waals surface area contributed by atoms with Crippen molar-refractivity contribution < 1.29 is 68.3 Å². The first-order valence-corrected chi connectivity index (χ1v) is 29.9. The average Bonchev–Trinajstić information content (AvgIpc) is 1.14. The Morgan fingerprint density at radius 3 is 1.30 bits per heavy atom. The maximum absolute atomic E-state index is 13.6. The normalized spacial score (nSPS) is 17.5. The molecule has 12 rings (SSSR count). The van der Waals surface area contributed by atoms with Crippen molar-refractivity contribution in [3.63, 3.8) is 0 Å². The molecule has 34 heteroatoms. The SMILES string of the molecule is Cc1cc(C(=O)NCCOCCOCCN)c(O)c(=O)n1CC(=O)NCCN1CCNC(=O)Cn2c(C)cc(c(O)c2=O)C(=O)NCCN2CCNC(=O)c3cc(C)n(c(=O)c3O)CC(=O)NCCN(CCNC(=O)Cn3c(C)cc(c(O)c3=O)C(=O)NCC2)CC1. The predicted molar refractivity (Wildman–Crippen MR) is 330 cm³/mol. The van der Waals surface area contributed by atoms with Crippen molar-refractivity contribution in [1.82, 2.24) is 75.5 Å². The second-order valence-electron chi connectivity index (χ2n) is 21.7. The molecular formula is C58H82N16O18. The topological polar surface area (TPSA) is 456 Å². The number of nitrogens with zero attached hydrogens (tertiary/aromatic N) is 7. The molecular weight excluding hydrogens is 1210 g/mol. The molecule has 502 valence electrons. The van der Waals surface area contributed by atoms with Crippen LogP contribution < -0.4 is 70.5 Å². The van der Waals surface area contributed by atoms with Crippen LogP contribution in [0, 0.1) is 27.7 Å². The van der Waals surface area contributed by atoms with Crippen molar-refractivity contribution >= 4 is 47.3 Å². The van der Waals surface area contributed by atoms with E-state index in [0.29, 0.717) is 19.8 Å². The number of hydrogen-bond acceptors (Lipinski definition) is 22. The van der Waals surface area contributed by atoms with Crippen LogP contribution in [0.3, 0.4) is 0 Å². The van der Waals surface area contributed by atoms with Crippen molar-refractivity contribution in [2.75, 3.05) is 144 Å². The first kappa shape index (κ1) is 71.6. The van der Waals surface area contributed by atoms with Crippen LogP contribution in [0.5, 0.6) is 23.0 Å². The van der Waals surface area contributed by atoms with Crippen LogP contribution in [0.4, 0.5) is 0 Å². The number of aromatic hydroxyl groups is 4. The van der Waals surface area contributed by atoms with E-state index in [4.69, 9.17) is 15.2 Å². The fourth-order valence-corrected chi connectivity index (χ4v) is 10.0. The number of pyridine rings is 4. The summed E-state index contributed by atoms with van der Waals surface area (Å²) in [5, 5.41) is 65.3. The van der Waals surface area contributed by atoms with Crippen molar-refractivity contribution in [3.05, 3.63) is 111 Å². The molecule has 8 aliphatic rings. The fourth-order valence-electron chi connectivity index (χ4n) is 10.0. The minimum absolute atomic E-state index is 0.0169. The molecule has 8 aliphatic heterocycles. The van der Waals surface area contributed by atoms with Crippen LogP contribution in [0.15, 0.2) is 43.4 Å². The molecule has 0 radical (unpaired) electrons. The quantitative estimate of drug-likeness (QED) is 0.0523. The van der Waals surface area contributed by atoms with Gasteiger partial charge >= 0.3 is 0 Å². The van der Waals surface area contributed by atoms with E-state index in [9.17, 15) is 78.0 Å². The van der Waals surface area contributed by atoms with E-state index in [0.717, 1.165) is 18.3 Å². The third-order valence-corrected chi connectivity index (χ3v) is 15.2. The molecule has 34 nitrogen and oxygen atoms in total. The van der Waals surface area contributed by atoms with Gasteiger partial charge in [0.25, 0.3) is 45.9 Å². The van der Waals surface area contributed by atoms with Gasteiger partial charge in [-0.1, -0.05) is 0 Å². The zero-order valence-electron chi connectivity index (χ0n) is 51.9. The molecule has 0 saturated carbocycles. The Morgan fingerprint density at radius 1 is 0.467 bits per heavy atom. The zero-order valence-corrected chi connectivity index (χ0v) is 51.9. The van der Waals surface area contributed by atoms with E-state index < -0.39 is 124 Å². The smallest absolute Gasteiger partial charge is 0.294 e. The molecule has 0 spiro atoms. The largest absolute Gasteiger partial charge is 0.502 e. The lowest BCUT2D eigenvalue weighted by Gasteiger charge is -2.28. The average molecular weight is 1290 g/mol. The number of hydrogen-bond donors (Lipinski definition) is 13. The van der Waals surface area contributed by atoms with Crippen molar-refractivity contribution in [2.24, 2.45) is 5.73 Å². The monoisotopic (exact) mass is 1290 g/mol. The third-order valence-electron chi connectivity index (χ3n) is 15.2. The van der Waals surface area contributed by atoms with Crippen molar-refractivity contribution in [3.8, 4) is 23.0 Å². The van der Waals surface area contributed by atoms with Gasteiger partial charge in [0.2, 0.25) is 23.6 Å². The molecule has 92 heavy (non-hydrogen) atoms. The van der Waals surface area contributed by atoms with E-state index in [-0.39, 0.29) is 164 Å². The minimum atomic E-state index is -1.04. The van der Waals surface area contributed by atoms with Crippen LogP contribution in [0.1, 0.15) is 64.2 Å². The van der Waals surface area contributed by atoms with Gasteiger partial charge in [-0.3, -0.25) is 72.2 Å². The molecule has 12 heterocycles. The summed E-state index contributed by atoms with van der Waals surface area (Å²) in [5.41, 5.74) is 0.451. The number of nitrogens with one attached hydrogen (secondary N) is 8. The highest BCUT2D eigenvalue weighted by Gasteiger charge is 2.25. The molecule has 0 aliphatic carbocycles. The fraction of sp³-hybridized carbons (Fsp3) is 0.517. The molecule has 8 amide bonds. The van der Waals surface area contributed by atoms with E-state index >= 15 is 0 Å². The number of aromatic nitrogens is 4. The van der Waals surface area contributed by atoms with E-state index in [1.54, 1.807) is 4.90 Å². The lowest BCUT2D eigenvalue weighted by atomic mass is 10.2. The molecule has 14 N–H and O–H groups in total. The Hall–Kier alpha value is -9.48. The van der Waals surface area contributed by atoms with E-state index in [2.05, 4.69) is 42.5 Å². The van der Waals surface area contributed by atoms with E-state index in [1.807, 2.05) is 9.80 Å². The highest BCUT2D eigenvalue weighted by atomic mass is 16.5. The zero-order chi connectivity index (χ0) is 67.2. The number of ether oxygens (including phenoxy) is 2. The lowest BCUT2D eigenvalue weighted by molar-refractivity contribution is -0.122. The van der Waals surface area contributed by atoms with Crippen LogP contribution in [0.25, 0.3) is 0 Å². The Balaban J connectivity index is 1.28. The molecule has 4 aromatic rings. The number of carbonyl (C=O) groups excluding carboxylic acids is 8. The highest BCUT2D eigenvalue weighted by molar-refractivity contribution is 5.98. The van der Waals surface area contributed by atoms with Crippen LogP contribution in [-0.2, 0) is 54.8 Å². The summed E-state index contributed by atoms with van der Waals surface area (Å²) in [6.07, 6.45) is 0. The maximum atomic E-state index is 13.6. The van der Waals surface area contributed by atoms with Crippen LogP contribution >= 0.6 is 0 Å². The molecule has 0 fully saturated rings. The van der Waals surface area contributed by atoms with Gasteiger partial charge in [-0.05, 0) is 52.0 Å². The first-order valence-electron chi connectivity index (χ1n) is 29.9. The Kier molecular flexibility index (Phi) is 27.0. The number of nitrogens with two attached hydrogens (primary N) is 1. The standard InChI is InChI=1S/C58H82N16O18/c1-35-27-39-47(79)55(87)71(35)31-43(75)60-6-14-69-15-7-61-44(76)32-72-36(2)28-40(48(80)56(72)88)52(84)65-11-19-68(18-10-64-51(39)83)20-12-66-53(85)41-29-37(3)73(57(89)49(41)81)33-45(77)62-8-16-70(22-21-69)17-9-63-46(78)34-74-38(4)30-42(50(82)58(74)90)54(86)67-13-24-92-26-25-91-23-5-59/h27-30,79-82H,5-26,31-34,59H2,1-4H3,(H,60,75)(H,61,76)(H,62,77)(H,63,78)(H,64,83)(H,65,84)(H,66,85)(H,67,86). The van der Waals surface area contributed by atoms with Gasteiger partial charge in [0.05, 0.1) is 48.7 Å². The minimum Gasteiger partial charge on any atom is -0.502 e. The number of carbonyl (C=O) groups is 8. The van der Waals surface area contributed by atoms with Gasteiger partial charge < -0.3 is 96.4 Å². The summed E-state index contributed by atoms with van der Waals surface area (Å²) in [5.74, 6) is -9.59. The first-order chi connectivity index (χ1) is 43.9. The summed E-state index contributed by atoms with van der Waals surface area (Å²) in [7, 11) is 0. The van der Waals surface area contributed by atoms with Crippen LogP contribution in [0.2, 0.25) is 0 Å². The van der Waals surface area contributed by atoms with Gasteiger partial charge in [-0.2, -0.15) is 0 Å². The number of aryl methyl sites for hydroxylation is 4.